The van der Waals surface area contributed by atoms with Gasteiger partial charge in [-0.3, -0.25) is 18.5 Å². The maximum absolute atomic E-state index is 12.8. The molecule has 1 amide bonds. The van der Waals surface area contributed by atoms with Crippen LogP contribution in [0.15, 0.2) is 57.2 Å². The van der Waals surface area contributed by atoms with Gasteiger partial charge in [0, 0.05) is 106 Å². The largest absolute Gasteiger partial charge is 0.507 e. The number of aromatic hydroxyl groups is 1. The van der Waals surface area contributed by atoms with Crippen molar-refractivity contribution in [3.63, 3.8) is 0 Å². The Balaban J connectivity index is 0.00000408. The van der Waals surface area contributed by atoms with Gasteiger partial charge in [0.15, 0.2) is 0 Å². The molecule has 0 saturated carbocycles. The van der Waals surface area contributed by atoms with E-state index in [1.807, 2.05) is 0 Å². The number of phenols is 1. The summed E-state index contributed by atoms with van der Waals surface area (Å²) in [5.74, 6) is -2.01. The van der Waals surface area contributed by atoms with Gasteiger partial charge in [-0.1, -0.05) is 0 Å². The minimum absolute atomic E-state index is 0. The Morgan fingerprint density at radius 3 is 1.72 bits per heavy atom. The quantitative estimate of drug-likeness (QED) is 0.131. The zero-order valence-corrected chi connectivity index (χ0v) is 27.4. The molecule has 3 radical (unpaired) electrons. The first-order valence-corrected chi connectivity index (χ1v) is 12.7. The number of carbonyl (C=O) groups is 1. The normalized spacial score (nSPS) is 11.5. The first-order valence-electron chi connectivity index (χ1n) is 8.42. The molecule has 0 fully saturated rings. The topological polar surface area (TPSA) is 238 Å². The summed E-state index contributed by atoms with van der Waals surface area (Å²) in [7, 11) is -14.7. The van der Waals surface area contributed by atoms with E-state index in [1.165, 1.54) is 0 Å². The molecule has 3 aromatic carbocycles. The van der Waals surface area contributed by atoms with E-state index in [0.29, 0.717) is 12.1 Å². The van der Waals surface area contributed by atoms with Gasteiger partial charge in [-0.05, 0) is 41.8 Å². The second kappa shape index (κ2) is 12.7. The van der Waals surface area contributed by atoms with Crippen LogP contribution in [0.5, 0.6) is 5.75 Å². The molecular formula is C17H14N2Na3O11S3. The summed E-state index contributed by atoms with van der Waals surface area (Å²) in [6.07, 6.45) is 0. The molecule has 0 aromatic heterocycles. The molecule has 3 rings (SSSR count). The van der Waals surface area contributed by atoms with Crippen LogP contribution in [0.1, 0.15) is 10.4 Å². The Labute approximate surface area is 272 Å². The number of nitrogens with two attached hydrogens (primary N) is 1. The zero-order valence-electron chi connectivity index (χ0n) is 19.0. The predicted molar refractivity (Wildman–Crippen MR) is 131 cm³/mol. The number of phenolic OH excluding ortho intramolecular Hbond substituents is 1. The molecule has 0 heterocycles. The number of rotatable bonds is 5. The maximum atomic E-state index is 12.8. The Kier molecular flexibility index (Phi) is 12.6. The van der Waals surface area contributed by atoms with Crippen LogP contribution in [0, 0.1) is 0 Å². The van der Waals surface area contributed by atoms with Gasteiger partial charge in [0.1, 0.15) is 10.6 Å². The van der Waals surface area contributed by atoms with Gasteiger partial charge >= 0.3 is 0 Å². The Morgan fingerprint density at radius 2 is 1.25 bits per heavy atom. The fraction of sp³-hybridized carbons (Fsp3) is 0. The monoisotopic (exact) mass is 587 g/mol. The van der Waals surface area contributed by atoms with Crippen LogP contribution in [0.25, 0.3) is 10.8 Å². The van der Waals surface area contributed by atoms with Crippen molar-refractivity contribution in [1.82, 2.24) is 0 Å². The second-order valence-electron chi connectivity index (χ2n) is 6.65. The number of nitrogen functional groups attached to an aromatic ring is 1. The van der Waals surface area contributed by atoms with E-state index < -0.39 is 67.9 Å². The standard InChI is InChI=1S/C17H14N2O11S3.3Na/c18-9-1-2-12(15(5-9)33(28,29)30)17(21)19-13-6-10(31(22,23)24)3-8-4-11(32(25,26)27)7-14(20)16(8)13;;;/h1-7,20H,18H2,(H,19,21)(H,22,23,24)(H,25,26,27)(H,28,29,30);;;. The third-order valence-electron chi connectivity index (χ3n) is 4.35. The van der Waals surface area contributed by atoms with E-state index in [0.717, 1.165) is 30.3 Å². The average Bonchev–Trinajstić information content (AvgIpc) is 2.65. The van der Waals surface area contributed by atoms with E-state index in [2.05, 4.69) is 5.32 Å². The van der Waals surface area contributed by atoms with Crippen LogP contribution in [0.4, 0.5) is 11.4 Å². The average molecular weight is 587 g/mol. The molecule has 0 aliphatic rings. The van der Waals surface area contributed by atoms with Gasteiger partial charge in [-0.25, -0.2) is 0 Å². The number of hydrogen-bond donors (Lipinski definition) is 6. The fourth-order valence-electron chi connectivity index (χ4n) is 2.96. The number of carbonyl (C=O) groups excluding carboxylic acids is 1. The van der Waals surface area contributed by atoms with Crippen molar-refractivity contribution in [2.45, 2.75) is 14.7 Å². The van der Waals surface area contributed by atoms with Crippen LogP contribution in [0.3, 0.4) is 0 Å². The maximum Gasteiger partial charge on any atom is 0.295 e. The smallest absolute Gasteiger partial charge is 0.295 e. The minimum Gasteiger partial charge on any atom is -0.507 e. The molecule has 36 heavy (non-hydrogen) atoms. The van der Waals surface area contributed by atoms with Crippen LogP contribution in [-0.2, 0) is 30.4 Å². The molecule has 0 bridgehead atoms. The summed E-state index contributed by atoms with van der Waals surface area (Å²) in [4.78, 5) is 10.3. The van der Waals surface area contributed by atoms with E-state index in [4.69, 9.17) is 5.73 Å². The Hall–Kier alpha value is -0.280. The van der Waals surface area contributed by atoms with Crippen molar-refractivity contribution >= 4 is 147 Å². The van der Waals surface area contributed by atoms with Crippen molar-refractivity contribution in [3.8, 4) is 5.75 Å². The Morgan fingerprint density at radius 1 is 0.750 bits per heavy atom. The summed E-state index contributed by atoms with van der Waals surface area (Å²) < 4.78 is 97.5. The van der Waals surface area contributed by atoms with E-state index >= 15 is 0 Å². The molecule has 0 spiro atoms. The molecule has 0 saturated heterocycles. The number of amides is 1. The SMILES string of the molecule is Nc1ccc(C(=O)Nc2cc(S(=O)(=O)O)cc3cc(S(=O)(=O)O)cc(O)c23)c(S(=O)(=O)O)c1.[Na].[Na].[Na]. The number of fused-ring (bicyclic) bond motifs is 1. The van der Waals surface area contributed by atoms with Gasteiger partial charge < -0.3 is 16.2 Å². The third-order valence-corrected chi connectivity index (χ3v) is 6.90. The van der Waals surface area contributed by atoms with E-state index in [1.54, 1.807) is 0 Å². The van der Waals surface area contributed by atoms with Crippen molar-refractivity contribution < 1.29 is 48.8 Å². The predicted octanol–water partition coefficient (Wildman–Crippen LogP) is -0.0224. The van der Waals surface area contributed by atoms with E-state index in [-0.39, 0.29) is 105 Å². The Bertz CT molecular complexity index is 1650. The molecule has 19 heteroatoms. The van der Waals surface area contributed by atoms with Crippen molar-refractivity contribution in [1.29, 1.82) is 0 Å². The van der Waals surface area contributed by atoms with Crippen LogP contribution in [0.2, 0.25) is 0 Å². The first kappa shape index (κ1) is 35.7. The molecule has 0 aliphatic heterocycles. The molecule has 3 aromatic rings. The van der Waals surface area contributed by atoms with Crippen LogP contribution >= 0.6 is 0 Å². The number of anilines is 2. The zero-order chi connectivity index (χ0) is 24.9. The minimum atomic E-state index is -4.92. The number of hydrogen-bond acceptors (Lipinski definition) is 9. The van der Waals surface area contributed by atoms with Gasteiger partial charge in [0.2, 0.25) is 0 Å². The molecule has 0 aliphatic carbocycles. The van der Waals surface area contributed by atoms with Crippen molar-refractivity contribution in [2.75, 3.05) is 11.1 Å². The molecule has 13 nitrogen and oxygen atoms in total. The third kappa shape index (κ3) is 8.11. The number of benzene rings is 3. The molecule has 0 unspecified atom stereocenters. The van der Waals surface area contributed by atoms with Crippen LogP contribution < -0.4 is 11.1 Å². The molecule has 7 N–H and O–H groups in total. The van der Waals surface area contributed by atoms with Crippen molar-refractivity contribution in [3.05, 3.63) is 48.0 Å². The van der Waals surface area contributed by atoms with Gasteiger partial charge in [0.25, 0.3) is 36.3 Å². The molecule has 0 atom stereocenters. The summed E-state index contributed by atoms with van der Waals surface area (Å²) in [5, 5.41) is 11.8. The summed E-state index contributed by atoms with van der Waals surface area (Å²) in [6, 6.07) is 5.76. The fourth-order valence-corrected chi connectivity index (χ4v) is 4.77. The van der Waals surface area contributed by atoms with Crippen molar-refractivity contribution in [2.24, 2.45) is 0 Å². The van der Waals surface area contributed by atoms with Gasteiger partial charge in [0.05, 0.1) is 21.0 Å². The van der Waals surface area contributed by atoms with Gasteiger partial charge in [-0.2, -0.15) is 25.3 Å². The molecule has 179 valence electrons. The second-order valence-corrected chi connectivity index (χ2v) is 10.9. The summed E-state index contributed by atoms with van der Waals surface area (Å²) in [5.41, 5.74) is 4.29. The first-order chi connectivity index (χ1) is 15.0. The summed E-state index contributed by atoms with van der Waals surface area (Å²) in [6.45, 7) is 0. The van der Waals surface area contributed by atoms with Gasteiger partial charge in [-0.15, -0.1) is 0 Å². The van der Waals surface area contributed by atoms with E-state index in [9.17, 15) is 48.8 Å². The van der Waals surface area contributed by atoms with Crippen LogP contribution in [-0.4, -0.2) is 139 Å². The molecular weight excluding hydrogens is 573 g/mol. The summed E-state index contributed by atoms with van der Waals surface area (Å²) >= 11 is 0. The number of nitrogens with one attached hydrogen (secondary N) is 1.